The summed E-state index contributed by atoms with van der Waals surface area (Å²) in [6.07, 6.45) is 3.72. The molecule has 1 N–H and O–H groups in total. The maximum absolute atomic E-state index is 14.6. The van der Waals surface area contributed by atoms with Crippen LogP contribution in [0.2, 0.25) is 5.02 Å². The van der Waals surface area contributed by atoms with Crippen molar-refractivity contribution in [3.8, 4) is 17.1 Å². The van der Waals surface area contributed by atoms with Crippen molar-refractivity contribution in [2.45, 2.75) is 19.3 Å². The van der Waals surface area contributed by atoms with E-state index in [0.29, 0.717) is 24.0 Å². The van der Waals surface area contributed by atoms with Crippen molar-refractivity contribution in [3.05, 3.63) is 16.9 Å². The lowest BCUT2D eigenvalue weighted by Gasteiger charge is -2.37. The topological polar surface area (TPSA) is 66.9 Å². The average molecular weight is 324 g/mol. The number of hydrogen-bond donors (Lipinski definition) is 1. The van der Waals surface area contributed by atoms with Crippen LogP contribution in [-0.4, -0.2) is 40.3 Å². The van der Waals surface area contributed by atoms with Crippen LogP contribution in [0, 0.1) is 11.7 Å². The first-order valence-electron chi connectivity index (χ1n) is 7.37. The summed E-state index contributed by atoms with van der Waals surface area (Å²) in [4.78, 5) is 2.16. The zero-order chi connectivity index (χ0) is 15.1. The molecule has 0 spiro atoms. The molecule has 0 radical (unpaired) electrons. The number of halogens is 2. The molecule has 22 heavy (non-hydrogen) atoms. The Kier molecular flexibility index (Phi) is 3.37. The van der Waals surface area contributed by atoms with Crippen molar-refractivity contribution < 1.29 is 9.13 Å². The first-order chi connectivity index (χ1) is 10.7. The van der Waals surface area contributed by atoms with Crippen molar-refractivity contribution in [1.82, 2.24) is 20.6 Å². The highest BCUT2D eigenvalue weighted by Crippen LogP contribution is 2.45. The number of rotatable bonds is 3. The predicted octanol–water partition coefficient (Wildman–Crippen LogP) is 2.66. The number of H-pyrrole nitrogens is 1. The fourth-order valence-electron chi connectivity index (χ4n) is 3.04. The first kappa shape index (κ1) is 13.8. The summed E-state index contributed by atoms with van der Waals surface area (Å²) in [5, 5.41) is 13.7. The minimum Gasteiger partial charge on any atom is -0.489 e. The van der Waals surface area contributed by atoms with Gasteiger partial charge in [-0.3, -0.25) is 0 Å². The fourth-order valence-corrected chi connectivity index (χ4v) is 3.23. The Morgan fingerprint density at radius 2 is 2.32 bits per heavy atom. The highest BCUT2D eigenvalue weighted by Gasteiger charge is 2.31. The molecule has 2 heterocycles. The first-order valence-corrected chi connectivity index (χ1v) is 7.75. The molecular formula is C14H15ClFN5O. The largest absolute Gasteiger partial charge is 0.489 e. The Morgan fingerprint density at radius 1 is 1.45 bits per heavy atom. The van der Waals surface area contributed by atoms with Gasteiger partial charge in [-0.05, 0) is 24.0 Å². The van der Waals surface area contributed by atoms with E-state index < -0.39 is 5.82 Å². The van der Waals surface area contributed by atoms with E-state index in [1.807, 2.05) is 0 Å². The van der Waals surface area contributed by atoms with E-state index in [2.05, 4.69) is 25.5 Å². The fraction of sp³-hybridized carbons (Fsp3) is 0.500. The minimum atomic E-state index is -0.536. The van der Waals surface area contributed by atoms with Gasteiger partial charge in [0.2, 0.25) is 5.82 Å². The number of nitrogens with zero attached hydrogens (tertiary/aromatic N) is 4. The van der Waals surface area contributed by atoms with Crippen LogP contribution in [0.1, 0.15) is 19.3 Å². The van der Waals surface area contributed by atoms with Gasteiger partial charge in [0.25, 0.3) is 0 Å². The number of aromatic nitrogens is 4. The van der Waals surface area contributed by atoms with Crippen molar-refractivity contribution in [3.63, 3.8) is 0 Å². The normalized spacial score (nSPS) is 17.8. The number of aromatic amines is 1. The summed E-state index contributed by atoms with van der Waals surface area (Å²) in [5.74, 6) is 0.894. The molecule has 8 heteroatoms. The summed E-state index contributed by atoms with van der Waals surface area (Å²) in [6, 6.07) is 1.53. The van der Waals surface area contributed by atoms with E-state index in [-0.39, 0.29) is 16.4 Å². The van der Waals surface area contributed by atoms with Crippen molar-refractivity contribution in [1.29, 1.82) is 0 Å². The van der Waals surface area contributed by atoms with E-state index in [0.717, 1.165) is 13.1 Å². The Labute approximate surface area is 131 Å². The number of fused-ring (bicyclic) bond motifs is 1. The van der Waals surface area contributed by atoms with Gasteiger partial charge in [-0.15, -0.1) is 10.2 Å². The Morgan fingerprint density at radius 3 is 3.00 bits per heavy atom. The monoisotopic (exact) mass is 323 g/mol. The Bertz CT molecular complexity index is 689. The van der Waals surface area contributed by atoms with Crippen molar-refractivity contribution in [2.75, 3.05) is 24.6 Å². The molecule has 4 rings (SSSR count). The van der Waals surface area contributed by atoms with Crippen LogP contribution in [0.4, 0.5) is 10.1 Å². The van der Waals surface area contributed by atoms with Gasteiger partial charge in [-0.1, -0.05) is 18.0 Å². The molecule has 1 aromatic carbocycles. The van der Waals surface area contributed by atoms with E-state index in [1.165, 1.54) is 25.3 Å². The Balaban J connectivity index is 1.83. The zero-order valence-electron chi connectivity index (χ0n) is 11.9. The Hall–Kier alpha value is -1.89. The maximum atomic E-state index is 14.6. The summed E-state index contributed by atoms with van der Waals surface area (Å²) >= 11 is 6.00. The molecule has 1 fully saturated rings. The molecule has 1 aliphatic carbocycles. The summed E-state index contributed by atoms with van der Waals surface area (Å²) in [7, 11) is 0. The van der Waals surface area contributed by atoms with E-state index in [1.54, 1.807) is 0 Å². The van der Waals surface area contributed by atoms with E-state index in [4.69, 9.17) is 16.3 Å². The molecule has 1 saturated carbocycles. The van der Waals surface area contributed by atoms with Crippen LogP contribution in [0.15, 0.2) is 6.07 Å². The molecule has 1 aromatic heterocycles. The molecule has 2 aromatic rings. The summed E-state index contributed by atoms with van der Waals surface area (Å²) in [5.41, 5.74) is 0.941. The summed E-state index contributed by atoms with van der Waals surface area (Å²) < 4.78 is 20.3. The highest BCUT2D eigenvalue weighted by molar-refractivity contribution is 6.31. The predicted molar refractivity (Wildman–Crippen MR) is 79.6 cm³/mol. The molecule has 2 aliphatic rings. The van der Waals surface area contributed by atoms with Crippen LogP contribution in [-0.2, 0) is 0 Å². The molecule has 0 unspecified atom stereocenters. The summed E-state index contributed by atoms with van der Waals surface area (Å²) in [6.45, 7) is 2.17. The number of hydrogen-bond acceptors (Lipinski definition) is 5. The minimum absolute atomic E-state index is 0.00374. The molecule has 0 atom stereocenters. The molecular weight excluding hydrogens is 309 g/mol. The second kappa shape index (κ2) is 5.39. The molecule has 0 amide bonds. The number of anilines is 1. The smallest absolute Gasteiger partial charge is 0.209 e. The van der Waals surface area contributed by atoms with Crippen LogP contribution in [0.25, 0.3) is 11.4 Å². The lowest BCUT2D eigenvalue weighted by Crippen LogP contribution is -2.38. The van der Waals surface area contributed by atoms with E-state index in [9.17, 15) is 4.39 Å². The third-order valence-electron chi connectivity index (χ3n) is 4.36. The SMILES string of the molecule is Fc1c(Cl)cc2c(c1-c1nn[nH]n1)N(CC1CCC1)CCO2. The molecule has 6 nitrogen and oxygen atoms in total. The van der Waals surface area contributed by atoms with Crippen molar-refractivity contribution in [2.24, 2.45) is 5.92 Å². The third-order valence-corrected chi connectivity index (χ3v) is 4.64. The van der Waals surface area contributed by atoms with Gasteiger partial charge >= 0.3 is 0 Å². The van der Waals surface area contributed by atoms with Crippen molar-refractivity contribution >= 4 is 17.3 Å². The zero-order valence-corrected chi connectivity index (χ0v) is 12.6. The molecule has 116 valence electrons. The van der Waals surface area contributed by atoms with Crippen LogP contribution < -0.4 is 9.64 Å². The number of nitrogens with one attached hydrogen (secondary N) is 1. The molecule has 0 bridgehead atoms. The average Bonchev–Trinajstić information content (AvgIpc) is 2.98. The lowest BCUT2D eigenvalue weighted by molar-refractivity contribution is 0.278. The second-order valence-corrected chi connectivity index (χ2v) is 6.13. The van der Waals surface area contributed by atoms with Gasteiger partial charge in [-0.2, -0.15) is 5.21 Å². The van der Waals surface area contributed by atoms with Gasteiger partial charge < -0.3 is 9.64 Å². The number of tetrazole rings is 1. The third kappa shape index (κ3) is 2.20. The van der Waals surface area contributed by atoms with E-state index >= 15 is 0 Å². The number of ether oxygens (including phenoxy) is 1. The van der Waals surface area contributed by atoms with Gasteiger partial charge in [-0.25, -0.2) is 4.39 Å². The van der Waals surface area contributed by atoms with Gasteiger partial charge in [0, 0.05) is 12.6 Å². The number of benzene rings is 1. The lowest BCUT2D eigenvalue weighted by atomic mass is 9.85. The molecule has 1 aliphatic heterocycles. The quantitative estimate of drug-likeness (QED) is 0.940. The maximum Gasteiger partial charge on any atom is 0.209 e. The standard InChI is InChI=1S/C14H15ClFN5O/c15-9-6-10-13(11(12(9)16)14-17-19-20-18-14)21(4-5-22-10)7-8-2-1-3-8/h6,8H,1-5,7H2,(H,17,18,19,20). The van der Waals surface area contributed by atoms with Crippen LogP contribution in [0.5, 0.6) is 5.75 Å². The van der Waals surface area contributed by atoms with Crippen LogP contribution >= 0.6 is 11.6 Å². The van der Waals surface area contributed by atoms with Gasteiger partial charge in [0.15, 0.2) is 5.82 Å². The molecule has 0 saturated heterocycles. The van der Waals surface area contributed by atoms with Gasteiger partial charge in [0.1, 0.15) is 12.4 Å². The van der Waals surface area contributed by atoms with Crippen LogP contribution in [0.3, 0.4) is 0 Å². The highest BCUT2D eigenvalue weighted by atomic mass is 35.5. The second-order valence-electron chi connectivity index (χ2n) is 5.72. The van der Waals surface area contributed by atoms with Gasteiger partial charge in [0.05, 0.1) is 22.8 Å².